The van der Waals surface area contributed by atoms with Crippen LogP contribution in [-0.4, -0.2) is 28.9 Å². The van der Waals surface area contributed by atoms with Gasteiger partial charge in [0.25, 0.3) is 0 Å². The van der Waals surface area contributed by atoms with E-state index in [1.54, 1.807) is 0 Å². The molecule has 15 heavy (non-hydrogen) atoms. The molecule has 0 aromatic carbocycles. The fourth-order valence-electron chi connectivity index (χ4n) is 0.910. The molecule has 5 nitrogen and oxygen atoms in total. The first-order valence-corrected chi connectivity index (χ1v) is 4.43. The van der Waals surface area contributed by atoms with Gasteiger partial charge < -0.3 is 9.84 Å². The van der Waals surface area contributed by atoms with E-state index < -0.39 is 18.0 Å². The molecule has 0 heterocycles. The largest absolute Gasteiger partial charge is 0.478 e. The minimum atomic E-state index is -1.07. The van der Waals surface area contributed by atoms with Gasteiger partial charge in [-0.15, -0.1) is 0 Å². The van der Waals surface area contributed by atoms with Gasteiger partial charge in [0.1, 0.15) is 18.3 Å². The lowest BCUT2D eigenvalue weighted by molar-refractivity contribution is -0.148. The Hall–Kier alpha value is -1.65. The molecule has 0 saturated carbocycles. The number of ether oxygens (including phenoxy) is 1. The number of aliphatic carboxylic acids is 1. The lowest BCUT2D eigenvalue weighted by Crippen LogP contribution is -2.16. The van der Waals surface area contributed by atoms with Gasteiger partial charge in [-0.1, -0.05) is 0 Å². The smallest absolute Gasteiger partial charge is 0.331 e. The fraction of sp³-hybridized carbons (Fsp3) is 0.500. The molecule has 0 spiro atoms. The highest BCUT2D eigenvalue weighted by Crippen LogP contribution is 2.02. The van der Waals surface area contributed by atoms with Crippen LogP contribution in [-0.2, 0) is 19.1 Å². The molecule has 0 aromatic heterocycles. The van der Waals surface area contributed by atoms with Gasteiger partial charge in [-0.3, -0.25) is 9.59 Å². The van der Waals surface area contributed by atoms with Crippen molar-refractivity contribution < 1.29 is 24.2 Å². The van der Waals surface area contributed by atoms with Gasteiger partial charge in [-0.05, 0) is 26.8 Å². The summed E-state index contributed by atoms with van der Waals surface area (Å²) in [4.78, 5) is 32.0. The summed E-state index contributed by atoms with van der Waals surface area (Å²) in [5.74, 6) is -2.00. The maximum atomic E-state index is 11.0. The average molecular weight is 214 g/mol. The lowest BCUT2D eigenvalue weighted by Gasteiger charge is -2.08. The van der Waals surface area contributed by atoms with Crippen molar-refractivity contribution in [3.8, 4) is 0 Å². The van der Waals surface area contributed by atoms with Crippen LogP contribution in [0.3, 0.4) is 0 Å². The van der Waals surface area contributed by atoms with E-state index in [0.29, 0.717) is 0 Å². The number of carbonyl (C=O) groups excluding carboxylic acids is 2. The average Bonchev–Trinajstić information content (AvgIpc) is 2.00. The van der Waals surface area contributed by atoms with Crippen molar-refractivity contribution in [2.24, 2.45) is 0 Å². The molecule has 0 radical (unpaired) electrons. The fourth-order valence-corrected chi connectivity index (χ4v) is 0.910. The molecule has 1 atom stereocenters. The molecule has 0 aliphatic rings. The molecule has 0 saturated heterocycles. The Morgan fingerprint density at radius 1 is 1.33 bits per heavy atom. The number of hydrogen-bond acceptors (Lipinski definition) is 4. The van der Waals surface area contributed by atoms with Crippen LogP contribution in [0, 0.1) is 0 Å². The van der Waals surface area contributed by atoms with Crippen LogP contribution in [0.2, 0.25) is 0 Å². The summed E-state index contributed by atoms with van der Waals surface area (Å²) in [6.07, 6.45) is 0.373. The van der Waals surface area contributed by atoms with Crippen LogP contribution < -0.4 is 0 Å². The summed E-state index contributed by atoms with van der Waals surface area (Å²) in [5.41, 5.74) is 0.0955. The molecule has 1 N–H and O–H groups in total. The van der Waals surface area contributed by atoms with Gasteiger partial charge >= 0.3 is 11.9 Å². The Morgan fingerprint density at radius 2 is 1.87 bits per heavy atom. The predicted octanol–water partition coefficient (Wildman–Crippen LogP) is 0.928. The topological polar surface area (TPSA) is 80.7 Å². The molecular formula is C10H14O5. The van der Waals surface area contributed by atoms with Crippen molar-refractivity contribution in [2.75, 3.05) is 0 Å². The zero-order valence-corrected chi connectivity index (χ0v) is 8.94. The number of carbonyl (C=O) groups is 3. The van der Waals surface area contributed by atoms with Gasteiger partial charge in [-0.2, -0.15) is 0 Å². The summed E-state index contributed by atoms with van der Waals surface area (Å²) in [7, 11) is 0. The summed E-state index contributed by atoms with van der Waals surface area (Å²) in [5, 5.41) is 8.55. The van der Waals surface area contributed by atoms with Crippen LogP contribution in [0.4, 0.5) is 0 Å². The van der Waals surface area contributed by atoms with Crippen molar-refractivity contribution in [3.63, 3.8) is 0 Å². The van der Waals surface area contributed by atoms with Crippen molar-refractivity contribution >= 4 is 17.7 Å². The van der Waals surface area contributed by atoms with Gasteiger partial charge in [0, 0.05) is 5.57 Å². The minimum absolute atomic E-state index is 0.0955. The van der Waals surface area contributed by atoms with Gasteiger partial charge in [0.15, 0.2) is 0 Å². The van der Waals surface area contributed by atoms with E-state index in [1.165, 1.54) is 26.8 Å². The molecule has 0 fully saturated rings. The second-order valence-electron chi connectivity index (χ2n) is 3.23. The number of Topliss-reactive ketones (excluding diaryl/α,β-unsaturated/α-hetero) is 1. The number of ketones is 1. The minimum Gasteiger partial charge on any atom is -0.478 e. The third kappa shape index (κ3) is 6.42. The van der Waals surface area contributed by atoms with E-state index in [0.717, 1.165) is 0 Å². The zero-order valence-electron chi connectivity index (χ0n) is 8.94. The molecule has 84 valence electrons. The van der Waals surface area contributed by atoms with Crippen molar-refractivity contribution in [2.45, 2.75) is 33.3 Å². The van der Waals surface area contributed by atoms with Crippen molar-refractivity contribution in [1.82, 2.24) is 0 Å². The van der Waals surface area contributed by atoms with E-state index in [2.05, 4.69) is 0 Å². The molecule has 0 rings (SSSR count). The molecule has 0 aliphatic carbocycles. The number of carboxylic acid groups (broad SMARTS) is 1. The maximum absolute atomic E-state index is 11.0. The molecule has 1 unspecified atom stereocenters. The molecule has 0 amide bonds. The second kappa shape index (κ2) is 5.95. The first-order chi connectivity index (χ1) is 6.82. The molecule has 0 aromatic rings. The zero-order chi connectivity index (χ0) is 12.0. The summed E-state index contributed by atoms with van der Waals surface area (Å²) < 4.78 is 4.78. The first-order valence-electron chi connectivity index (χ1n) is 4.43. The third-order valence-corrected chi connectivity index (χ3v) is 1.53. The Kier molecular flexibility index (Phi) is 5.30. The number of rotatable bonds is 5. The molecular weight excluding hydrogens is 200 g/mol. The maximum Gasteiger partial charge on any atom is 0.331 e. The Morgan fingerprint density at radius 3 is 2.27 bits per heavy atom. The quantitative estimate of drug-likeness (QED) is 0.418. The van der Waals surface area contributed by atoms with Gasteiger partial charge in [0.05, 0.1) is 0 Å². The van der Waals surface area contributed by atoms with E-state index in [-0.39, 0.29) is 17.8 Å². The lowest BCUT2D eigenvalue weighted by atomic mass is 10.2. The normalized spacial score (nSPS) is 13.1. The standard InChI is InChI=1S/C10H14O5/c1-6(10(13)14)4-8(3)15-9(12)5-7(2)11/h4,8H,5H2,1-3H3,(H,13,14). The first kappa shape index (κ1) is 13.4. The summed E-state index contributed by atoms with van der Waals surface area (Å²) in [6.45, 7) is 4.21. The SMILES string of the molecule is CC(=O)CC(=O)OC(C)C=C(C)C(=O)O. The third-order valence-electron chi connectivity index (χ3n) is 1.53. The van der Waals surface area contributed by atoms with Crippen LogP contribution in [0.15, 0.2) is 11.6 Å². The van der Waals surface area contributed by atoms with Crippen molar-refractivity contribution in [3.05, 3.63) is 11.6 Å². The summed E-state index contributed by atoms with van der Waals surface area (Å²) >= 11 is 0. The highest BCUT2D eigenvalue weighted by atomic mass is 16.5. The highest BCUT2D eigenvalue weighted by Gasteiger charge is 2.11. The molecule has 0 bridgehead atoms. The van der Waals surface area contributed by atoms with E-state index in [1.807, 2.05) is 0 Å². The monoisotopic (exact) mass is 214 g/mol. The van der Waals surface area contributed by atoms with Crippen LogP contribution in [0.1, 0.15) is 27.2 Å². The van der Waals surface area contributed by atoms with Crippen LogP contribution >= 0.6 is 0 Å². The van der Waals surface area contributed by atoms with E-state index in [4.69, 9.17) is 9.84 Å². The Bertz CT molecular complexity index is 303. The second-order valence-corrected chi connectivity index (χ2v) is 3.23. The van der Waals surface area contributed by atoms with Crippen molar-refractivity contribution in [1.29, 1.82) is 0 Å². The number of hydrogen-bond donors (Lipinski definition) is 1. The van der Waals surface area contributed by atoms with E-state index >= 15 is 0 Å². The van der Waals surface area contributed by atoms with Crippen LogP contribution in [0.5, 0.6) is 0 Å². The van der Waals surface area contributed by atoms with E-state index in [9.17, 15) is 14.4 Å². The molecule has 5 heteroatoms. The highest BCUT2D eigenvalue weighted by molar-refractivity contribution is 5.94. The number of carboxylic acids is 1. The molecule has 0 aliphatic heterocycles. The van der Waals surface area contributed by atoms with Crippen LogP contribution in [0.25, 0.3) is 0 Å². The Balaban J connectivity index is 4.20. The summed E-state index contributed by atoms with van der Waals surface area (Å²) in [6, 6.07) is 0. The number of esters is 1. The predicted molar refractivity (Wildman–Crippen MR) is 52.2 cm³/mol. The van der Waals surface area contributed by atoms with Gasteiger partial charge in [0.2, 0.25) is 0 Å². The Labute approximate surface area is 87.7 Å². The van der Waals surface area contributed by atoms with Gasteiger partial charge in [-0.25, -0.2) is 4.79 Å².